The number of halogens is 1. The summed E-state index contributed by atoms with van der Waals surface area (Å²) in [7, 11) is -5.41. The number of methoxy groups -OCH3 is 2. The van der Waals surface area contributed by atoms with E-state index >= 15 is 0 Å². The Morgan fingerprint density at radius 3 is 2.12 bits per heavy atom. The van der Waals surface area contributed by atoms with E-state index in [-0.39, 0.29) is 31.9 Å². The normalized spacial score (nSPS) is 11.6. The van der Waals surface area contributed by atoms with Gasteiger partial charge in [0.15, 0.2) is 0 Å². The molecule has 0 unspecified atom stereocenters. The van der Waals surface area contributed by atoms with Crippen LogP contribution in [0.15, 0.2) is 70.5 Å². The van der Waals surface area contributed by atoms with Gasteiger partial charge >= 0.3 is 0 Å². The number of anilines is 2. The smallest absolute Gasteiger partial charge is 0.265 e. The van der Waals surface area contributed by atoms with Gasteiger partial charge in [-0.3, -0.25) is 9.44 Å². The van der Waals surface area contributed by atoms with E-state index in [0.717, 1.165) is 0 Å². The average Bonchev–Trinajstić information content (AvgIpc) is 2.75. The lowest BCUT2D eigenvalue weighted by atomic mass is 10.2. The van der Waals surface area contributed by atoms with Crippen molar-refractivity contribution < 1.29 is 26.3 Å². The largest absolute Gasteiger partial charge is 0.497 e. The number of para-hydroxylation sites is 1. The molecule has 0 saturated carbocycles. The van der Waals surface area contributed by atoms with E-state index in [0.29, 0.717) is 11.3 Å². The number of hydrogen-bond acceptors (Lipinski definition) is 6. The summed E-state index contributed by atoms with van der Waals surface area (Å²) in [4.78, 5) is -0.256. The second kappa shape index (κ2) is 9.27. The van der Waals surface area contributed by atoms with E-state index in [9.17, 15) is 16.8 Å². The molecule has 0 saturated heterocycles. The van der Waals surface area contributed by atoms with Crippen molar-refractivity contribution >= 4 is 43.0 Å². The molecule has 3 aromatic rings. The molecule has 0 atom stereocenters. The van der Waals surface area contributed by atoms with Gasteiger partial charge in [-0.05, 0) is 48.9 Å². The SMILES string of the molecule is COc1ccc(OC)c(S(=O)(=O)Nc2ccc(C)c(S(=O)(=O)Nc3ccccc3Cl)c2)c1. The van der Waals surface area contributed by atoms with Gasteiger partial charge in [-0.15, -0.1) is 0 Å². The van der Waals surface area contributed by atoms with E-state index in [1.165, 1.54) is 50.6 Å². The lowest BCUT2D eigenvalue weighted by Crippen LogP contribution is -2.17. The fraction of sp³-hybridized carbons (Fsp3) is 0.143. The summed E-state index contributed by atoms with van der Waals surface area (Å²) in [6.07, 6.45) is 0. The molecule has 0 fully saturated rings. The maximum atomic E-state index is 13.0. The summed E-state index contributed by atoms with van der Waals surface area (Å²) in [5, 5.41) is 0.232. The van der Waals surface area contributed by atoms with Crippen LogP contribution in [0.5, 0.6) is 11.5 Å². The molecule has 8 nitrogen and oxygen atoms in total. The first kappa shape index (κ1) is 23.7. The van der Waals surface area contributed by atoms with Crippen LogP contribution in [0.2, 0.25) is 5.02 Å². The number of sulfonamides is 2. The van der Waals surface area contributed by atoms with Crippen LogP contribution >= 0.6 is 11.6 Å². The summed E-state index contributed by atoms with van der Waals surface area (Å²) >= 11 is 6.06. The van der Waals surface area contributed by atoms with Gasteiger partial charge < -0.3 is 9.47 Å². The molecule has 3 rings (SSSR count). The molecule has 0 radical (unpaired) electrons. The number of ether oxygens (including phenoxy) is 2. The molecule has 0 spiro atoms. The van der Waals surface area contributed by atoms with Gasteiger partial charge in [0.05, 0.1) is 35.5 Å². The van der Waals surface area contributed by atoms with Crippen molar-refractivity contribution in [2.45, 2.75) is 16.7 Å². The Labute approximate surface area is 192 Å². The molecule has 0 amide bonds. The minimum atomic E-state index is -4.12. The van der Waals surface area contributed by atoms with E-state index in [4.69, 9.17) is 21.1 Å². The number of nitrogens with one attached hydrogen (secondary N) is 2. The molecule has 2 N–H and O–H groups in total. The standard InChI is InChI=1S/C21H21ClN2O6S2/c1-14-8-9-15(12-20(14)31(25,26)24-18-7-5-4-6-17(18)22)23-32(27,28)21-13-16(29-2)10-11-19(21)30-3/h4-13,23-24H,1-3H3. The predicted molar refractivity (Wildman–Crippen MR) is 124 cm³/mol. The highest BCUT2D eigenvalue weighted by Crippen LogP contribution is 2.31. The Morgan fingerprint density at radius 2 is 1.47 bits per heavy atom. The summed E-state index contributed by atoms with van der Waals surface area (Å²) in [6, 6.07) is 14.9. The molecule has 0 bridgehead atoms. The average molecular weight is 497 g/mol. The minimum Gasteiger partial charge on any atom is -0.497 e. The quantitative estimate of drug-likeness (QED) is 0.482. The third kappa shape index (κ3) is 5.09. The van der Waals surface area contributed by atoms with Crippen LogP contribution in [0.1, 0.15) is 5.56 Å². The molecule has 0 heterocycles. The monoisotopic (exact) mass is 496 g/mol. The summed E-state index contributed by atoms with van der Waals surface area (Å²) in [5.41, 5.74) is 0.687. The molecule has 0 aliphatic carbocycles. The predicted octanol–water partition coefficient (Wildman–Crippen LogP) is 4.27. The van der Waals surface area contributed by atoms with Crippen molar-refractivity contribution in [3.05, 3.63) is 71.2 Å². The second-order valence-corrected chi connectivity index (χ2v) is 10.4. The highest BCUT2D eigenvalue weighted by molar-refractivity contribution is 7.93. The summed E-state index contributed by atoms with van der Waals surface area (Å²) < 4.78 is 67.0. The highest BCUT2D eigenvalue weighted by Gasteiger charge is 2.23. The van der Waals surface area contributed by atoms with Crippen molar-refractivity contribution in [3.63, 3.8) is 0 Å². The third-order valence-electron chi connectivity index (χ3n) is 4.51. The van der Waals surface area contributed by atoms with Crippen LogP contribution in [-0.4, -0.2) is 31.1 Å². The zero-order valence-electron chi connectivity index (χ0n) is 17.4. The third-order valence-corrected chi connectivity index (χ3v) is 7.75. The van der Waals surface area contributed by atoms with Crippen LogP contribution in [0, 0.1) is 6.92 Å². The van der Waals surface area contributed by atoms with Gasteiger partial charge in [-0.25, -0.2) is 16.8 Å². The van der Waals surface area contributed by atoms with E-state index in [2.05, 4.69) is 9.44 Å². The van der Waals surface area contributed by atoms with Gasteiger partial charge in [-0.2, -0.15) is 0 Å². The molecule has 0 aliphatic heterocycles. The molecule has 3 aromatic carbocycles. The maximum absolute atomic E-state index is 13.0. The zero-order valence-corrected chi connectivity index (χ0v) is 19.8. The lowest BCUT2D eigenvalue weighted by Gasteiger charge is -2.15. The molecule has 170 valence electrons. The highest BCUT2D eigenvalue weighted by atomic mass is 35.5. The van der Waals surface area contributed by atoms with E-state index in [1.807, 2.05) is 0 Å². The van der Waals surface area contributed by atoms with Crippen LogP contribution in [0.25, 0.3) is 0 Å². The first-order chi connectivity index (χ1) is 15.1. The topological polar surface area (TPSA) is 111 Å². The Morgan fingerprint density at radius 1 is 0.781 bits per heavy atom. The lowest BCUT2D eigenvalue weighted by molar-refractivity contribution is 0.392. The van der Waals surface area contributed by atoms with Crippen LogP contribution in [-0.2, 0) is 20.0 Å². The van der Waals surface area contributed by atoms with Crippen LogP contribution in [0.3, 0.4) is 0 Å². The summed E-state index contributed by atoms with van der Waals surface area (Å²) in [6.45, 7) is 1.60. The molecule has 0 aliphatic rings. The van der Waals surface area contributed by atoms with Crippen LogP contribution < -0.4 is 18.9 Å². The number of benzene rings is 3. The van der Waals surface area contributed by atoms with Crippen molar-refractivity contribution in [2.75, 3.05) is 23.7 Å². The molecular formula is C21H21ClN2O6S2. The fourth-order valence-electron chi connectivity index (χ4n) is 2.90. The van der Waals surface area contributed by atoms with Gasteiger partial charge in [-0.1, -0.05) is 29.8 Å². The van der Waals surface area contributed by atoms with Crippen molar-refractivity contribution in [1.82, 2.24) is 0 Å². The van der Waals surface area contributed by atoms with Gasteiger partial charge in [0.2, 0.25) is 0 Å². The minimum absolute atomic E-state index is 0.0556. The van der Waals surface area contributed by atoms with Crippen molar-refractivity contribution in [3.8, 4) is 11.5 Å². The summed E-state index contributed by atoms with van der Waals surface area (Å²) in [5.74, 6) is 0.431. The number of rotatable bonds is 8. The van der Waals surface area contributed by atoms with Gasteiger partial charge in [0.1, 0.15) is 16.4 Å². The first-order valence-corrected chi connectivity index (χ1v) is 12.5. The molecule has 11 heteroatoms. The second-order valence-electron chi connectivity index (χ2n) is 6.69. The Balaban J connectivity index is 1.98. The molecular weight excluding hydrogens is 476 g/mol. The number of aryl methyl sites for hydroxylation is 1. The fourth-order valence-corrected chi connectivity index (χ4v) is 5.73. The Hall–Kier alpha value is -2.95. The van der Waals surface area contributed by atoms with Gasteiger partial charge in [0.25, 0.3) is 20.0 Å². The number of hydrogen-bond donors (Lipinski definition) is 2. The molecule has 0 aromatic heterocycles. The van der Waals surface area contributed by atoms with Crippen molar-refractivity contribution in [2.24, 2.45) is 0 Å². The Kier molecular flexibility index (Phi) is 6.87. The zero-order chi connectivity index (χ0) is 23.5. The maximum Gasteiger partial charge on any atom is 0.265 e. The Bertz CT molecular complexity index is 1360. The first-order valence-electron chi connectivity index (χ1n) is 9.20. The van der Waals surface area contributed by atoms with Crippen LogP contribution in [0.4, 0.5) is 11.4 Å². The molecule has 32 heavy (non-hydrogen) atoms. The van der Waals surface area contributed by atoms with Gasteiger partial charge in [0, 0.05) is 6.07 Å². The van der Waals surface area contributed by atoms with E-state index < -0.39 is 20.0 Å². The van der Waals surface area contributed by atoms with Crippen molar-refractivity contribution in [1.29, 1.82) is 0 Å². The van der Waals surface area contributed by atoms with E-state index in [1.54, 1.807) is 31.2 Å².